The van der Waals surface area contributed by atoms with Crippen LogP contribution in [0.3, 0.4) is 0 Å². The van der Waals surface area contributed by atoms with Gasteiger partial charge in [-0.3, -0.25) is 14.2 Å². The van der Waals surface area contributed by atoms with Crippen molar-refractivity contribution in [3.8, 4) is 5.69 Å². The Hall–Kier alpha value is -2.35. The lowest BCUT2D eigenvalue weighted by atomic mass is 9.84. The molecule has 29 heavy (non-hydrogen) atoms. The van der Waals surface area contributed by atoms with E-state index in [0.717, 1.165) is 30.1 Å². The van der Waals surface area contributed by atoms with Gasteiger partial charge in [0.2, 0.25) is 11.8 Å². The van der Waals surface area contributed by atoms with Crippen molar-refractivity contribution in [2.45, 2.75) is 37.8 Å². The average molecular weight is 414 g/mol. The van der Waals surface area contributed by atoms with Crippen LogP contribution < -0.4 is 0 Å². The number of benzene rings is 1. The van der Waals surface area contributed by atoms with Gasteiger partial charge in [-0.15, -0.1) is 10.2 Å². The predicted molar refractivity (Wildman–Crippen MR) is 112 cm³/mol. The molecule has 2 aromatic rings. The Kier molecular flexibility index (Phi) is 6.18. The van der Waals surface area contributed by atoms with E-state index < -0.39 is 0 Å². The number of carbonyl (C=O) groups is 2. The first-order chi connectivity index (χ1) is 14.2. The quantitative estimate of drug-likeness (QED) is 0.680. The predicted octanol–water partition coefficient (Wildman–Crippen LogP) is 2.39. The fourth-order valence-corrected chi connectivity index (χ4v) is 4.66. The fourth-order valence-electron chi connectivity index (χ4n) is 3.84. The topological polar surface area (TPSA) is 71.3 Å². The minimum Gasteiger partial charge on any atom is -0.339 e. The van der Waals surface area contributed by atoms with Crippen LogP contribution in [0.4, 0.5) is 0 Å². The molecule has 0 bridgehead atoms. The minimum absolute atomic E-state index is 0.0871. The van der Waals surface area contributed by atoms with Crippen molar-refractivity contribution in [3.05, 3.63) is 36.2 Å². The van der Waals surface area contributed by atoms with E-state index in [1.807, 2.05) is 32.6 Å². The number of aromatic nitrogens is 3. The zero-order valence-electron chi connectivity index (χ0n) is 16.8. The molecule has 0 spiro atoms. The second-order valence-corrected chi connectivity index (χ2v) is 8.53. The van der Waals surface area contributed by atoms with Crippen molar-refractivity contribution in [2.75, 3.05) is 31.9 Å². The van der Waals surface area contributed by atoms with E-state index in [-0.39, 0.29) is 17.7 Å². The molecule has 8 heteroatoms. The van der Waals surface area contributed by atoms with Crippen molar-refractivity contribution >= 4 is 23.6 Å². The highest BCUT2D eigenvalue weighted by Gasteiger charge is 2.32. The maximum atomic E-state index is 12.7. The van der Waals surface area contributed by atoms with Crippen molar-refractivity contribution in [1.29, 1.82) is 0 Å². The molecule has 0 N–H and O–H groups in total. The fraction of sp³-hybridized carbons (Fsp3) is 0.524. The van der Waals surface area contributed by atoms with E-state index in [1.54, 1.807) is 6.33 Å². The van der Waals surface area contributed by atoms with Gasteiger partial charge < -0.3 is 9.80 Å². The Labute approximate surface area is 175 Å². The van der Waals surface area contributed by atoms with Gasteiger partial charge in [0.05, 0.1) is 11.4 Å². The monoisotopic (exact) mass is 413 g/mol. The molecule has 2 heterocycles. The molecule has 1 saturated carbocycles. The molecule has 2 aliphatic rings. The summed E-state index contributed by atoms with van der Waals surface area (Å²) in [6.07, 6.45) is 5.83. The standard InChI is InChI=1S/C21H27N5O2S/c1-2-16-6-3-4-9-18(16)26-15-22-23-21(26)29-14-19(27)24-10-12-25(13-11-24)20(28)17-7-5-8-17/h3-4,6,9,15,17H,2,5,7-8,10-14H2,1H3. The van der Waals surface area contributed by atoms with Crippen LogP contribution in [0.2, 0.25) is 0 Å². The Bertz CT molecular complexity index is 871. The third-order valence-corrected chi connectivity index (χ3v) is 6.80. The van der Waals surface area contributed by atoms with Crippen LogP contribution in [0.5, 0.6) is 0 Å². The maximum Gasteiger partial charge on any atom is 0.233 e. The molecule has 1 aromatic carbocycles. The maximum absolute atomic E-state index is 12.7. The van der Waals surface area contributed by atoms with Crippen molar-refractivity contribution in [3.63, 3.8) is 0 Å². The lowest BCUT2D eigenvalue weighted by Crippen LogP contribution is -2.53. The number of thioether (sulfide) groups is 1. The van der Waals surface area contributed by atoms with E-state index in [0.29, 0.717) is 31.9 Å². The largest absolute Gasteiger partial charge is 0.339 e. The Morgan fingerprint density at radius 1 is 1.10 bits per heavy atom. The smallest absolute Gasteiger partial charge is 0.233 e. The average Bonchev–Trinajstić information content (AvgIpc) is 3.19. The minimum atomic E-state index is 0.0871. The van der Waals surface area contributed by atoms with Gasteiger partial charge in [-0.05, 0) is 30.9 Å². The molecule has 1 aliphatic carbocycles. The van der Waals surface area contributed by atoms with Crippen LogP contribution >= 0.6 is 11.8 Å². The number of hydrogen-bond acceptors (Lipinski definition) is 5. The highest BCUT2D eigenvalue weighted by molar-refractivity contribution is 7.99. The number of para-hydroxylation sites is 1. The van der Waals surface area contributed by atoms with Gasteiger partial charge in [-0.25, -0.2) is 0 Å². The van der Waals surface area contributed by atoms with Gasteiger partial charge in [-0.1, -0.05) is 43.3 Å². The lowest BCUT2D eigenvalue weighted by Gasteiger charge is -2.38. The summed E-state index contributed by atoms with van der Waals surface area (Å²) in [7, 11) is 0. The molecule has 0 atom stereocenters. The molecule has 154 valence electrons. The highest BCUT2D eigenvalue weighted by atomic mass is 32.2. The molecular weight excluding hydrogens is 386 g/mol. The normalized spacial score (nSPS) is 17.3. The van der Waals surface area contributed by atoms with Gasteiger partial charge >= 0.3 is 0 Å². The Morgan fingerprint density at radius 2 is 1.83 bits per heavy atom. The van der Waals surface area contributed by atoms with Gasteiger partial charge in [0.15, 0.2) is 5.16 Å². The van der Waals surface area contributed by atoms with E-state index in [4.69, 9.17) is 0 Å². The number of hydrogen-bond donors (Lipinski definition) is 0. The summed E-state index contributed by atoms with van der Waals surface area (Å²) in [5.41, 5.74) is 2.27. The van der Waals surface area contributed by atoms with Gasteiger partial charge in [0.25, 0.3) is 0 Å². The molecular formula is C21H27N5O2S. The molecule has 4 rings (SSSR count). The van der Waals surface area contributed by atoms with Gasteiger partial charge in [-0.2, -0.15) is 0 Å². The number of nitrogens with zero attached hydrogens (tertiary/aromatic N) is 5. The SMILES string of the molecule is CCc1ccccc1-n1cnnc1SCC(=O)N1CCN(C(=O)C2CCC2)CC1. The molecule has 1 saturated heterocycles. The number of amides is 2. The van der Waals surface area contributed by atoms with Crippen LogP contribution in [0.25, 0.3) is 5.69 Å². The first-order valence-electron chi connectivity index (χ1n) is 10.3. The second kappa shape index (κ2) is 8.98. The summed E-state index contributed by atoms with van der Waals surface area (Å²) in [4.78, 5) is 28.8. The molecule has 1 aliphatic heterocycles. The molecule has 2 fully saturated rings. The molecule has 7 nitrogen and oxygen atoms in total. The Morgan fingerprint density at radius 3 is 2.52 bits per heavy atom. The summed E-state index contributed by atoms with van der Waals surface area (Å²) in [6.45, 7) is 4.64. The zero-order valence-corrected chi connectivity index (χ0v) is 17.6. The first kappa shape index (κ1) is 19.9. The number of carbonyl (C=O) groups excluding carboxylic acids is 2. The molecule has 2 amide bonds. The van der Waals surface area contributed by atoms with E-state index in [2.05, 4.69) is 23.2 Å². The van der Waals surface area contributed by atoms with Crippen molar-refractivity contribution in [2.24, 2.45) is 5.92 Å². The summed E-state index contributed by atoms with van der Waals surface area (Å²) in [6, 6.07) is 8.17. The third kappa shape index (κ3) is 4.32. The number of rotatable bonds is 6. The highest BCUT2D eigenvalue weighted by Crippen LogP contribution is 2.28. The lowest BCUT2D eigenvalue weighted by molar-refractivity contribution is -0.143. The summed E-state index contributed by atoms with van der Waals surface area (Å²) < 4.78 is 1.95. The van der Waals surface area contributed by atoms with Gasteiger partial charge in [0, 0.05) is 32.1 Å². The molecule has 1 aromatic heterocycles. The van der Waals surface area contributed by atoms with Crippen LogP contribution in [0.15, 0.2) is 35.7 Å². The molecule has 0 radical (unpaired) electrons. The van der Waals surface area contributed by atoms with E-state index in [1.165, 1.54) is 23.7 Å². The molecule has 0 unspecified atom stereocenters. The number of aryl methyl sites for hydroxylation is 1. The Balaban J connectivity index is 1.32. The second-order valence-electron chi connectivity index (χ2n) is 7.59. The first-order valence-corrected chi connectivity index (χ1v) is 11.3. The van der Waals surface area contributed by atoms with Crippen LogP contribution in [-0.2, 0) is 16.0 Å². The van der Waals surface area contributed by atoms with Gasteiger partial charge in [0.1, 0.15) is 6.33 Å². The van der Waals surface area contributed by atoms with Crippen molar-refractivity contribution in [1.82, 2.24) is 24.6 Å². The van der Waals surface area contributed by atoms with Crippen LogP contribution in [-0.4, -0.2) is 68.3 Å². The number of piperazine rings is 1. The van der Waals surface area contributed by atoms with E-state index >= 15 is 0 Å². The summed E-state index contributed by atoms with van der Waals surface area (Å²) in [5, 5.41) is 8.98. The third-order valence-electron chi connectivity index (χ3n) is 5.87. The summed E-state index contributed by atoms with van der Waals surface area (Å²) >= 11 is 1.41. The zero-order chi connectivity index (χ0) is 20.2. The van der Waals surface area contributed by atoms with Crippen LogP contribution in [0, 0.1) is 5.92 Å². The van der Waals surface area contributed by atoms with E-state index in [9.17, 15) is 9.59 Å². The van der Waals surface area contributed by atoms with Crippen molar-refractivity contribution < 1.29 is 9.59 Å². The van der Waals surface area contributed by atoms with Crippen LogP contribution in [0.1, 0.15) is 31.7 Å². The summed E-state index contributed by atoms with van der Waals surface area (Å²) in [5.74, 6) is 0.915.